The zero-order valence-corrected chi connectivity index (χ0v) is 11.1. The lowest BCUT2D eigenvalue weighted by molar-refractivity contribution is 0.335. The van der Waals surface area contributed by atoms with Gasteiger partial charge in [0.15, 0.2) is 0 Å². The van der Waals surface area contributed by atoms with E-state index in [2.05, 4.69) is 10.3 Å². The minimum absolute atomic E-state index is 0.0333. The third-order valence-electron chi connectivity index (χ3n) is 3.67. The van der Waals surface area contributed by atoms with Crippen LogP contribution >= 0.6 is 0 Å². The molecule has 5 nitrogen and oxygen atoms in total. The SMILES string of the molecule is CCOc1cccc2[nH]c(=O)n(C3CCNCC3)c12. The van der Waals surface area contributed by atoms with Crippen molar-refractivity contribution >= 4 is 11.0 Å². The number of aromatic nitrogens is 2. The first-order valence-electron chi connectivity index (χ1n) is 6.88. The van der Waals surface area contributed by atoms with Crippen LogP contribution in [0.1, 0.15) is 25.8 Å². The Bertz CT molecular complexity index is 623. The van der Waals surface area contributed by atoms with Crippen LogP contribution in [-0.2, 0) is 0 Å². The van der Waals surface area contributed by atoms with Gasteiger partial charge in [0.1, 0.15) is 11.3 Å². The standard InChI is InChI=1S/C14H19N3O2/c1-2-19-12-5-3-4-11-13(12)17(14(18)16-11)10-6-8-15-9-7-10/h3-5,10,15H,2,6-9H2,1H3,(H,16,18). The molecule has 0 unspecified atom stereocenters. The second-order valence-electron chi connectivity index (χ2n) is 4.87. The van der Waals surface area contributed by atoms with Gasteiger partial charge in [-0.05, 0) is 45.0 Å². The van der Waals surface area contributed by atoms with E-state index in [4.69, 9.17) is 4.74 Å². The molecule has 5 heteroatoms. The summed E-state index contributed by atoms with van der Waals surface area (Å²) in [6.45, 7) is 4.48. The number of imidazole rings is 1. The Morgan fingerprint density at radius 1 is 1.37 bits per heavy atom. The molecule has 0 saturated carbocycles. The van der Waals surface area contributed by atoms with Gasteiger partial charge in [0, 0.05) is 6.04 Å². The van der Waals surface area contributed by atoms with Gasteiger partial charge in [0.25, 0.3) is 0 Å². The number of fused-ring (bicyclic) bond motifs is 1. The van der Waals surface area contributed by atoms with Crippen molar-refractivity contribution in [1.29, 1.82) is 0 Å². The highest BCUT2D eigenvalue weighted by atomic mass is 16.5. The molecule has 1 aliphatic heterocycles. The average molecular weight is 261 g/mol. The fourth-order valence-corrected chi connectivity index (χ4v) is 2.83. The van der Waals surface area contributed by atoms with Gasteiger partial charge in [-0.25, -0.2) is 4.79 Å². The summed E-state index contributed by atoms with van der Waals surface area (Å²) in [6.07, 6.45) is 1.96. The van der Waals surface area contributed by atoms with Crippen LogP contribution in [0, 0.1) is 0 Å². The summed E-state index contributed by atoms with van der Waals surface area (Å²) in [4.78, 5) is 15.2. The zero-order chi connectivity index (χ0) is 13.2. The Hall–Kier alpha value is -1.75. The number of nitrogens with one attached hydrogen (secondary N) is 2. The molecular formula is C14H19N3O2. The van der Waals surface area contributed by atoms with Crippen LogP contribution in [0.3, 0.4) is 0 Å². The van der Waals surface area contributed by atoms with E-state index in [1.165, 1.54) is 0 Å². The molecule has 0 spiro atoms. The molecule has 0 amide bonds. The first-order valence-corrected chi connectivity index (χ1v) is 6.88. The Labute approximate surface area is 111 Å². The Morgan fingerprint density at radius 3 is 2.89 bits per heavy atom. The summed E-state index contributed by atoms with van der Waals surface area (Å²) in [5, 5.41) is 3.33. The third-order valence-corrected chi connectivity index (χ3v) is 3.67. The second kappa shape index (κ2) is 5.09. The largest absolute Gasteiger partial charge is 0.492 e. The van der Waals surface area contributed by atoms with Crippen molar-refractivity contribution in [2.24, 2.45) is 0 Å². The van der Waals surface area contributed by atoms with Gasteiger partial charge in [-0.2, -0.15) is 0 Å². The zero-order valence-electron chi connectivity index (χ0n) is 11.1. The smallest absolute Gasteiger partial charge is 0.326 e. The van der Waals surface area contributed by atoms with E-state index in [0.717, 1.165) is 42.7 Å². The van der Waals surface area contributed by atoms with Crippen molar-refractivity contribution in [3.63, 3.8) is 0 Å². The Balaban J connectivity index is 2.16. The molecule has 1 fully saturated rings. The van der Waals surface area contributed by atoms with Crippen molar-refractivity contribution in [2.45, 2.75) is 25.8 Å². The predicted octanol–water partition coefficient (Wildman–Crippen LogP) is 1.65. The maximum atomic E-state index is 12.2. The molecule has 2 aromatic rings. The number of para-hydroxylation sites is 1. The van der Waals surface area contributed by atoms with Crippen LogP contribution in [0.15, 0.2) is 23.0 Å². The lowest BCUT2D eigenvalue weighted by atomic mass is 10.1. The minimum atomic E-state index is -0.0333. The van der Waals surface area contributed by atoms with Crippen molar-refractivity contribution in [2.75, 3.05) is 19.7 Å². The number of benzene rings is 1. The van der Waals surface area contributed by atoms with E-state index >= 15 is 0 Å². The second-order valence-corrected chi connectivity index (χ2v) is 4.87. The summed E-state index contributed by atoms with van der Waals surface area (Å²) in [7, 11) is 0. The third kappa shape index (κ3) is 2.14. The van der Waals surface area contributed by atoms with Crippen LogP contribution < -0.4 is 15.7 Å². The van der Waals surface area contributed by atoms with Crippen LogP contribution in [-0.4, -0.2) is 29.2 Å². The number of nitrogens with zero attached hydrogens (tertiary/aromatic N) is 1. The molecule has 1 aliphatic rings. The first kappa shape index (κ1) is 12.3. The summed E-state index contributed by atoms with van der Waals surface area (Å²) in [6, 6.07) is 6.02. The number of H-pyrrole nitrogens is 1. The Morgan fingerprint density at radius 2 is 2.16 bits per heavy atom. The van der Waals surface area contributed by atoms with E-state index in [0.29, 0.717) is 6.61 Å². The molecule has 3 rings (SSSR count). The van der Waals surface area contributed by atoms with Crippen LogP contribution in [0.5, 0.6) is 5.75 Å². The summed E-state index contributed by atoms with van der Waals surface area (Å²) in [5.74, 6) is 0.789. The molecule has 1 aromatic heterocycles. The number of ether oxygens (including phenoxy) is 1. The van der Waals surface area contributed by atoms with Gasteiger partial charge in [0.05, 0.1) is 12.1 Å². The molecule has 2 N–H and O–H groups in total. The topological polar surface area (TPSA) is 59.1 Å². The number of aromatic amines is 1. The molecule has 102 valence electrons. The minimum Gasteiger partial charge on any atom is -0.492 e. The van der Waals surface area contributed by atoms with Gasteiger partial charge in [-0.15, -0.1) is 0 Å². The maximum Gasteiger partial charge on any atom is 0.326 e. The number of hydrogen-bond acceptors (Lipinski definition) is 3. The van der Waals surface area contributed by atoms with E-state index in [1.54, 1.807) is 0 Å². The van der Waals surface area contributed by atoms with Gasteiger partial charge in [0.2, 0.25) is 0 Å². The van der Waals surface area contributed by atoms with Crippen molar-refractivity contribution in [3.05, 3.63) is 28.7 Å². The average Bonchev–Trinajstić information content (AvgIpc) is 2.77. The van der Waals surface area contributed by atoms with Crippen molar-refractivity contribution < 1.29 is 4.74 Å². The highest BCUT2D eigenvalue weighted by molar-refractivity contribution is 5.82. The van der Waals surface area contributed by atoms with Crippen LogP contribution in [0.2, 0.25) is 0 Å². The lowest BCUT2D eigenvalue weighted by Crippen LogP contribution is -2.33. The summed E-state index contributed by atoms with van der Waals surface area (Å²) >= 11 is 0. The monoisotopic (exact) mass is 261 g/mol. The van der Waals surface area contributed by atoms with Crippen LogP contribution in [0.25, 0.3) is 11.0 Å². The fraction of sp³-hybridized carbons (Fsp3) is 0.500. The number of piperidine rings is 1. The number of rotatable bonds is 3. The highest BCUT2D eigenvalue weighted by Crippen LogP contribution is 2.28. The van der Waals surface area contributed by atoms with Gasteiger partial charge in [-0.3, -0.25) is 4.57 Å². The molecule has 0 aliphatic carbocycles. The van der Waals surface area contributed by atoms with Crippen molar-refractivity contribution in [3.8, 4) is 5.75 Å². The molecule has 0 atom stereocenters. The normalized spacial score (nSPS) is 16.9. The molecule has 0 radical (unpaired) electrons. The summed E-state index contributed by atoms with van der Waals surface area (Å²) < 4.78 is 7.54. The van der Waals surface area contributed by atoms with E-state index in [9.17, 15) is 4.79 Å². The van der Waals surface area contributed by atoms with E-state index in [-0.39, 0.29) is 11.7 Å². The highest BCUT2D eigenvalue weighted by Gasteiger charge is 2.21. The van der Waals surface area contributed by atoms with E-state index in [1.807, 2.05) is 29.7 Å². The predicted molar refractivity (Wildman–Crippen MR) is 74.9 cm³/mol. The van der Waals surface area contributed by atoms with Gasteiger partial charge in [-0.1, -0.05) is 6.07 Å². The van der Waals surface area contributed by atoms with Crippen molar-refractivity contribution in [1.82, 2.24) is 14.9 Å². The molecule has 2 heterocycles. The van der Waals surface area contributed by atoms with Crippen LogP contribution in [0.4, 0.5) is 0 Å². The molecular weight excluding hydrogens is 242 g/mol. The molecule has 0 bridgehead atoms. The van der Waals surface area contributed by atoms with Gasteiger partial charge < -0.3 is 15.0 Å². The quantitative estimate of drug-likeness (QED) is 0.883. The molecule has 1 saturated heterocycles. The first-order chi connectivity index (χ1) is 9.31. The molecule has 19 heavy (non-hydrogen) atoms. The lowest BCUT2D eigenvalue weighted by Gasteiger charge is -2.24. The summed E-state index contributed by atoms with van der Waals surface area (Å²) in [5.41, 5.74) is 1.73. The fourth-order valence-electron chi connectivity index (χ4n) is 2.83. The van der Waals surface area contributed by atoms with E-state index < -0.39 is 0 Å². The Kier molecular flexibility index (Phi) is 3.29. The maximum absolute atomic E-state index is 12.2. The molecule has 1 aromatic carbocycles. The number of hydrogen-bond donors (Lipinski definition) is 2. The van der Waals surface area contributed by atoms with Gasteiger partial charge >= 0.3 is 5.69 Å².